The molecule has 102 valence electrons. The highest BCUT2D eigenvalue weighted by atomic mass is 16.3. The van der Waals surface area contributed by atoms with Crippen molar-refractivity contribution < 1.29 is 9.90 Å². The predicted molar refractivity (Wildman–Crippen MR) is 80.7 cm³/mol. The van der Waals surface area contributed by atoms with Crippen LogP contribution in [-0.4, -0.2) is 29.9 Å². The third-order valence-electron chi connectivity index (χ3n) is 3.15. The molecular formula is C17H17NO2. The zero-order valence-electron chi connectivity index (χ0n) is 11.6. The Bertz CT molecular complexity index is 645. The van der Waals surface area contributed by atoms with E-state index in [0.29, 0.717) is 5.70 Å². The van der Waals surface area contributed by atoms with Crippen LogP contribution >= 0.6 is 0 Å². The van der Waals surface area contributed by atoms with E-state index in [2.05, 4.69) is 6.58 Å². The quantitative estimate of drug-likeness (QED) is 0.682. The first-order valence-corrected chi connectivity index (χ1v) is 6.30. The van der Waals surface area contributed by atoms with Crippen LogP contribution in [0.2, 0.25) is 0 Å². The van der Waals surface area contributed by atoms with Gasteiger partial charge in [0.1, 0.15) is 5.75 Å². The van der Waals surface area contributed by atoms with Gasteiger partial charge in [0.05, 0.1) is 11.3 Å². The average Bonchev–Trinajstić information content (AvgIpc) is 2.47. The molecule has 0 amide bonds. The van der Waals surface area contributed by atoms with Gasteiger partial charge in [0.25, 0.3) is 0 Å². The van der Waals surface area contributed by atoms with Crippen LogP contribution in [0.3, 0.4) is 0 Å². The van der Waals surface area contributed by atoms with Gasteiger partial charge in [-0.2, -0.15) is 0 Å². The molecular weight excluding hydrogens is 250 g/mol. The Morgan fingerprint density at radius 2 is 1.70 bits per heavy atom. The minimum absolute atomic E-state index is 0.0299. The zero-order valence-corrected chi connectivity index (χ0v) is 11.6. The first-order valence-electron chi connectivity index (χ1n) is 6.30. The van der Waals surface area contributed by atoms with Crippen LogP contribution in [-0.2, 0) is 0 Å². The highest BCUT2D eigenvalue weighted by molar-refractivity contribution is 6.10. The molecule has 0 atom stereocenters. The van der Waals surface area contributed by atoms with Gasteiger partial charge in [0, 0.05) is 14.1 Å². The molecule has 2 rings (SSSR count). The maximum absolute atomic E-state index is 12.3. The van der Waals surface area contributed by atoms with E-state index in [9.17, 15) is 9.90 Å². The Morgan fingerprint density at radius 3 is 2.30 bits per heavy atom. The summed E-state index contributed by atoms with van der Waals surface area (Å²) in [5, 5.41) is 9.90. The van der Waals surface area contributed by atoms with Gasteiger partial charge in [-0.15, -0.1) is 0 Å². The number of carbonyl (C=O) groups excluding carboxylic acids is 1. The van der Waals surface area contributed by atoms with Crippen molar-refractivity contribution in [1.29, 1.82) is 0 Å². The Labute approximate surface area is 118 Å². The van der Waals surface area contributed by atoms with Crippen LogP contribution in [0.1, 0.15) is 10.4 Å². The van der Waals surface area contributed by atoms with Gasteiger partial charge in [-0.25, -0.2) is 0 Å². The van der Waals surface area contributed by atoms with E-state index >= 15 is 0 Å². The van der Waals surface area contributed by atoms with Crippen LogP contribution < -0.4 is 0 Å². The largest absolute Gasteiger partial charge is 0.507 e. The van der Waals surface area contributed by atoms with Gasteiger partial charge in [0.15, 0.2) is 0 Å². The summed E-state index contributed by atoms with van der Waals surface area (Å²) in [5.74, 6) is -0.303. The second-order valence-electron chi connectivity index (χ2n) is 4.77. The standard InChI is InChI=1S/C17H17NO2/c1-12(18(2)3)17(20)15-11-14(9-10-16(15)19)13-7-5-4-6-8-13/h4-11,19H,1H2,2-3H3. The molecule has 0 saturated heterocycles. The van der Waals surface area contributed by atoms with E-state index in [-0.39, 0.29) is 17.1 Å². The SMILES string of the molecule is C=C(C(=O)c1cc(-c2ccccc2)ccc1O)N(C)C. The fourth-order valence-corrected chi connectivity index (χ4v) is 1.89. The van der Waals surface area contributed by atoms with E-state index in [0.717, 1.165) is 11.1 Å². The fraction of sp³-hybridized carbons (Fsp3) is 0.118. The molecule has 0 heterocycles. The molecule has 0 fully saturated rings. The monoisotopic (exact) mass is 267 g/mol. The summed E-state index contributed by atoms with van der Waals surface area (Å²) in [6.45, 7) is 3.74. The molecule has 0 aliphatic carbocycles. The topological polar surface area (TPSA) is 40.5 Å². The van der Waals surface area contributed by atoms with E-state index in [1.165, 1.54) is 0 Å². The van der Waals surface area contributed by atoms with Crippen molar-refractivity contribution in [2.24, 2.45) is 0 Å². The molecule has 3 nitrogen and oxygen atoms in total. The Hall–Kier alpha value is -2.55. The first-order chi connectivity index (χ1) is 9.50. The third kappa shape index (κ3) is 2.72. The van der Waals surface area contributed by atoms with Crippen molar-refractivity contribution in [2.75, 3.05) is 14.1 Å². The highest BCUT2D eigenvalue weighted by Gasteiger charge is 2.16. The lowest BCUT2D eigenvalue weighted by atomic mass is 9.99. The predicted octanol–water partition coefficient (Wildman–Crippen LogP) is 3.32. The first kappa shape index (κ1) is 13.9. The third-order valence-corrected chi connectivity index (χ3v) is 3.15. The number of ketones is 1. The molecule has 0 aliphatic heterocycles. The van der Waals surface area contributed by atoms with Crippen molar-refractivity contribution in [3.8, 4) is 16.9 Å². The molecule has 1 N–H and O–H groups in total. The number of aromatic hydroxyl groups is 1. The average molecular weight is 267 g/mol. The Morgan fingerprint density at radius 1 is 1.05 bits per heavy atom. The van der Waals surface area contributed by atoms with E-state index in [1.807, 2.05) is 30.3 Å². The van der Waals surface area contributed by atoms with Gasteiger partial charge in [-0.05, 0) is 23.3 Å². The molecule has 0 saturated carbocycles. The van der Waals surface area contributed by atoms with Crippen molar-refractivity contribution >= 4 is 5.78 Å². The van der Waals surface area contributed by atoms with Crippen LogP contribution in [0.4, 0.5) is 0 Å². The molecule has 2 aromatic rings. The van der Waals surface area contributed by atoms with Gasteiger partial charge >= 0.3 is 0 Å². The molecule has 3 heteroatoms. The second-order valence-corrected chi connectivity index (χ2v) is 4.77. The van der Waals surface area contributed by atoms with Gasteiger partial charge < -0.3 is 10.0 Å². The van der Waals surface area contributed by atoms with Crippen LogP contribution in [0, 0.1) is 0 Å². The van der Waals surface area contributed by atoms with E-state index in [4.69, 9.17) is 0 Å². The number of benzene rings is 2. The lowest BCUT2D eigenvalue weighted by molar-refractivity contribution is 0.100. The number of carbonyl (C=O) groups is 1. The number of nitrogens with zero attached hydrogens (tertiary/aromatic N) is 1. The fourth-order valence-electron chi connectivity index (χ4n) is 1.89. The smallest absolute Gasteiger partial charge is 0.212 e. The number of Topliss-reactive ketones (excluding diaryl/α,β-unsaturated/α-hetero) is 1. The minimum atomic E-state index is -0.273. The maximum Gasteiger partial charge on any atom is 0.212 e. The Kier molecular flexibility index (Phi) is 3.89. The van der Waals surface area contributed by atoms with E-state index in [1.54, 1.807) is 37.2 Å². The summed E-state index contributed by atoms with van der Waals surface area (Å²) in [7, 11) is 3.50. The number of phenolic OH excluding ortho intramolecular Hbond substituents is 1. The van der Waals surface area contributed by atoms with Gasteiger partial charge in [0.2, 0.25) is 5.78 Å². The number of hydrogen-bond acceptors (Lipinski definition) is 3. The highest BCUT2D eigenvalue weighted by Crippen LogP contribution is 2.27. The van der Waals surface area contributed by atoms with Crippen molar-refractivity contribution in [3.63, 3.8) is 0 Å². The molecule has 0 aliphatic rings. The summed E-state index contributed by atoms with van der Waals surface area (Å²) in [4.78, 5) is 13.9. The summed E-state index contributed by atoms with van der Waals surface area (Å²) < 4.78 is 0. The number of phenols is 1. The van der Waals surface area contributed by atoms with Crippen LogP contribution in [0.15, 0.2) is 60.8 Å². The van der Waals surface area contributed by atoms with Crippen molar-refractivity contribution in [1.82, 2.24) is 4.90 Å². The van der Waals surface area contributed by atoms with Crippen LogP contribution in [0.25, 0.3) is 11.1 Å². The lowest BCUT2D eigenvalue weighted by Crippen LogP contribution is -2.18. The molecule has 0 aromatic heterocycles. The Balaban J connectivity index is 2.45. The minimum Gasteiger partial charge on any atom is -0.507 e. The number of rotatable bonds is 4. The van der Waals surface area contributed by atoms with Gasteiger partial charge in [-0.3, -0.25) is 4.79 Å². The summed E-state index contributed by atoms with van der Waals surface area (Å²) in [5.41, 5.74) is 2.49. The summed E-state index contributed by atoms with van der Waals surface area (Å²) >= 11 is 0. The molecule has 0 spiro atoms. The number of allylic oxidation sites excluding steroid dienone is 1. The van der Waals surface area contributed by atoms with Crippen LogP contribution in [0.5, 0.6) is 5.75 Å². The van der Waals surface area contributed by atoms with E-state index < -0.39 is 0 Å². The van der Waals surface area contributed by atoms with Crippen molar-refractivity contribution in [2.45, 2.75) is 0 Å². The molecule has 0 bridgehead atoms. The maximum atomic E-state index is 12.3. The molecule has 2 aromatic carbocycles. The molecule has 0 unspecified atom stereocenters. The summed E-state index contributed by atoms with van der Waals surface area (Å²) in [6, 6.07) is 14.7. The number of likely N-dealkylation sites (N-methyl/N-ethyl adjacent to an activating group) is 1. The van der Waals surface area contributed by atoms with Crippen molar-refractivity contribution in [3.05, 3.63) is 66.4 Å². The molecule has 0 radical (unpaired) electrons. The zero-order chi connectivity index (χ0) is 14.7. The second kappa shape index (κ2) is 5.61. The number of hydrogen-bond donors (Lipinski definition) is 1. The molecule has 20 heavy (non-hydrogen) atoms. The normalized spacial score (nSPS) is 10.1. The van der Waals surface area contributed by atoms with Gasteiger partial charge in [-0.1, -0.05) is 43.0 Å². The summed E-state index contributed by atoms with van der Waals surface area (Å²) in [6.07, 6.45) is 0. The lowest BCUT2D eigenvalue weighted by Gasteiger charge is -2.15.